The molecule has 1 aromatic carbocycles. The van der Waals surface area contributed by atoms with E-state index in [1.54, 1.807) is 0 Å². The second-order valence-electron chi connectivity index (χ2n) is 4.18. The van der Waals surface area contributed by atoms with E-state index in [2.05, 4.69) is 39.6 Å². The lowest BCUT2D eigenvalue weighted by Gasteiger charge is -2.30. The van der Waals surface area contributed by atoms with Crippen LogP contribution in [0.4, 0.5) is 5.69 Å². The van der Waals surface area contributed by atoms with Gasteiger partial charge < -0.3 is 10.2 Å². The van der Waals surface area contributed by atoms with Gasteiger partial charge in [0.25, 0.3) is 0 Å². The number of nitrogens with zero attached hydrogens (tertiary/aromatic N) is 3. The maximum Gasteiger partial charge on any atom is 0.0878 e. The van der Waals surface area contributed by atoms with E-state index >= 15 is 0 Å². The third-order valence-electron chi connectivity index (χ3n) is 3.09. The van der Waals surface area contributed by atoms with Gasteiger partial charge in [0.05, 0.1) is 11.4 Å². The Morgan fingerprint density at radius 3 is 2.47 bits per heavy atom. The van der Waals surface area contributed by atoms with Crippen molar-refractivity contribution < 1.29 is 0 Å². The molecule has 0 amide bonds. The van der Waals surface area contributed by atoms with Crippen LogP contribution in [0.2, 0.25) is 0 Å². The molecule has 0 bridgehead atoms. The Bertz CT molecular complexity index is 472. The molecule has 0 unspecified atom stereocenters. The number of hydrogen-bond acceptors (Lipinski definition) is 3. The second kappa shape index (κ2) is 4.59. The van der Waals surface area contributed by atoms with Crippen LogP contribution in [0, 0.1) is 0 Å². The van der Waals surface area contributed by atoms with Gasteiger partial charge in [-0.05, 0) is 18.2 Å². The Kier molecular flexibility index (Phi) is 2.80. The molecule has 1 aromatic heterocycles. The molecule has 0 aliphatic carbocycles. The Hall–Kier alpha value is -1.81. The number of benzene rings is 1. The second-order valence-corrected chi connectivity index (χ2v) is 4.18. The predicted octanol–water partition coefficient (Wildman–Crippen LogP) is 1.28. The highest BCUT2D eigenvalue weighted by atomic mass is 15.3. The Balaban J connectivity index is 1.98. The molecule has 1 aliphatic rings. The van der Waals surface area contributed by atoms with Crippen LogP contribution < -0.4 is 10.2 Å². The summed E-state index contributed by atoms with van der Waals surface area (Å²) in [4.78, 5) is 2.41. The van der Waals surface area contributed by atoms with Crippen LogP contribution >= 0.6 is 0 Å². The molecule has 2 heterocycles. The Morgan fingerprint density at radius 1 is 1.00 bits per heavy atom. The van der Waals surface area contributed by atoms with Crippen LogP contribution in [0.1, 0.15) is 0 Å². The minimum absolute atomic E-state index is 1.05. The van der Waals surface area contributed by atoms with Crippen molar-refractivity contribution in [1.82, 2.24) is 15.1 Å². The highest BCUT2D eigenvalue weighted by Crippen LogP contribution is 2.23. The van der Waals surface area contributed by atoms with E-state index in [4.69, 9.17) is 0 Å². The molecular formula is C13H16N4. The summed E-state index contributed by atoms with van der Waals surface area (Å²) in [7, 11) is 0. The molecule has 3 rings (SSSR count). The summed E-state index contributed by atoms with van der Waals surface area (Å²) in [5.41, 5.74) is 2.41. The van der Waals surface area contributed by atoms with Crippen LogP contribution in [0.25, 0.3) is 5.69 Å². The molecule has 1 fully saturated rings. The molecule has 4 nitrogen and oxygen atoms in total. The van der Waals surface area contributed by atoms with Gasteiger partial charge in [-0.1, -0.05) is 12.1 Å². The van der Waals surface area contributed by atoms with Gasteiger partial charge in [-0.25, -0.2) is 4.68 Å². The maximum absolute atomic E-state index is 4.32. The fraction of sp³-hybridized carbons (Fsp3) is 0.308. The van der Waals surface area contributed by atoms with Crippen molar-refractivity contribution in [2.75, 3.05) is 31.1 Å². The molecule has 2 aromatic rings. The van der Waals surface area contributed by atoms with Gasteiger partial charge in [0.15, 0.2) is 0 Å². The van der Waals surface area contributed by atoms with Crippen LogP contribution in [0.15, 0.2) is 42.7 Å². The highest BCUT2D eigenvalue weighted by Gasteiger charge is 2.14. The molecule has 1 aliphatic heterocycles. The van der Waals surface area contributed by atoms with Crippen molar-refractivity contribution in [3.63, 3.8) is 0 Å². The maximum atomic E-state index is 4.32. The molecule has 4 heteroatoms. The standard InChI is InChI=1S/C13H16N4/c1-2-5-13(17-9-3-6-15-17)12(4-1)16-10-7-14-8-11-16/h1-6,9,14H,7-8,10-11H2. The lowest BCUT2D eigenvalue weighted by atomic mass is 10.2. The summed E-state index contributed by atoms with van der Waals surface area (Å²) in [6.07, 6.45) is 3.80. The number of para-hydroxylation sites is 2. The zero-order valence-corrected chi connectivity index (χ0v) is 9.71. The van der Waals surface area contributed by atoms with E-state index in [9.17, 15) is 0 Å². The summed E-state index contributed by atoms with van der Waals surface area (Å²) in [6.45, 7) is 4.21. The molecule has 1 saturated heterocycles. The van der Waals surface area contributed by atoms with Gasteiger partial charge in [0.2, 0.25) is 0 Å². The highest BCUT2D eigenvalue weighted by molar-refractivity contribution is 5.62. The topological polar surface area (TPSA) is 33.1 Å². The van der Waals surface area contributed by atoms with Gasteiger partial charge in [-0.2, -0.15) is 5.10 Å². The van der Waals surface area contributed by atoms with Gasteiger partial charge in [0.1, 0.15) is 0 Å². The van der Waals surface area contributed by atoms with Crippen LogP contribution in [0.3, 0.4) is 0 Å². The molecule has 88 valence electrons. The fourth-order valence-corrected chi connectivity index (χ4v) is 2.24. The van der Waals surface area contributed by atoms with Crippen molar-refractivity contribution in [1.29, 1.82) is 0 Å². The van der Waals surface area contributed by atoms with Gasteiger partial charge in [0, 0.05) is 38.6 Å². The average molecular weight is 228 g/mol. The van der Waals surface area contributed by atoms with Crippen LogP contribution in [0.5, 0.6) is 0 Å². The molecule has 1 N–H and O–H groups in total. The molecule has 0 atom stereocenters. The number of anilines is 1. The SMILES string of the molecule is c1ccc(-n2cccn2)c(N2CCNCC2)c1. The third-order valence-corrected chi connectivity index (χ3v) is 3.09. The first kappa shape index (κ1) is 10.4. The molecule has 0 saturated carbocycles. The van der Waals surface area contributed by atoms with Crippen molar-refractivity contribution in [3.05, 3.63) is 42.7 Å². The van der Waals surface area contributed by atoms with Crippen molar-refractivity contribution in [2.45, 2.75) is 0 Å². The Labute approximate surface area is 101 Å². The zero-order valence-electron chi connectivity index (χ0n) is 9.71. The van der Waals surface area contributed by atoms with Crippen LogP contribution in [-0.4, -0.2) is 36.0 Å². The largest absolute Gasteiger partial charge is 0.367 e. The molecular weight excluding hydrogens is 212 g/mol. The van der Waals surface area contributed by atoms with Crippen molar-refractivity contribution >= 4 is 5.69 Å². The van der Waals surface area contributed by atoms with E-state index < -0.39 is 0 Å². The van der Waals surface area contributed by atoms with Gasteiger partial charge in [-0.15, -0.1) is 0 Å². The quantitative estimate of drug-likeness (QED) is 0.840. The number of aromatic nitrogens is 2. The number of rotatable bonds is 2. The summed E-state index contributed by atoms with van der Waals surface area (Å²) < 4.78 is 1.93. The predicted molar refractivity (Wildman–Crippen MR) is 68.6 cm³/mol. The number of piperazine rings is 1. The molecule has 0 radical (unpaired) electrons. The van der Waals surface area contributed by atoms with Crippen LogP contribution in [-0.2, 0) is 0 Å². The molecule has 0 spiro atoms. The monoisotopic (exact) mass is 228 g/mol. The minimum atomic E-state index is 1.05. The lowest BCUT2D eigenvalue weighted by Crippen LogP contribution is -2.43. The minimum Gasteiger partial charge on any atom is -0.367 e. The van der Waals surface area contributed by atoms with E-state index in [1.165, 1.54) is 5.69 Å². The lowest BCUT2D eigenvalue weighted by molar-refractivity contribution is 0.588. The summed E-state index contributed by atoms with van der Waals surface area (Å²) in [5.74, 6) is 0. The smallest absolute Gasteiger partial charge is 0.0878 e. The third kappa shape index (κ3) is 2.03. The van der Waals surface area contributed by atoms with E-state index in [0.717, 1.165) is 31.9 Å². The normalized spacial score (nSPS) is 16.1. The van der Waals surface area contributed by atoms with E-state index in [0.29, 0.717) is 0 Å². The first-order chi connectivity index (χ1) is 8.45. The molecule has 17 heavy (non-hydrogen) atoms. The summed E-state index contributed by atoms with van der Waals surface area (Å²) >= 11 is 0. The summed E-state index contributed by atoms with van der Waals surface area (Å²) in [6, 6.07) is 10.4. The van der Waals surface area contributed by atoms with Crippen molar-refractivity contribution in [3.8, 4) is 5.69 Å². The Morgan fingerprint density at radius 2 is 1.76 bits per heavy atom. The number of hydrogen-bond donors (Lipinski definition) is 1. The fourth-order valence-electron chi connectivity index (χ4n) is 2.24. The first-order valence-electron chi connectivity index (χ1n) is 6.00. The summed E-state index contributed by atoms with van der Waals surface area (Å²) in [5, 5.41) is 7.69. The van der Waals surface area contributed by atoms with E-state index in [-0.39, 0.29) is 0 Å². The first-order valence-corrected chi connectivity index (χ1v) is 6.00. The van der Waals surface area contributed by atoms with Gasteiger partial charge >= 0.3 is 0 Å². The van der Waals surface area contributed by atoms with Gasteiger partial charge in [-0.3, -0.25) is 0 Å². The number of nitrogens with one attached hydrogen (secondary N) is 1. The van der Waals surface area contributed by atoms with E-state index in [1.807, 2.05) is 23.1 Å². The van der Waals surface area contributed by atoms with Crippen molar-refractivity contribution in [2.24, 2.45) is 0 Å². The average Bonchev–Trinajstić information content (AvgIpc) is 2.94. The zero-order chi connectivity index (χ0) is 11.5.